The largest absolute Gasteiger partial charge is 0.497 e. The Hall–Kier alpha value is -1.05. The molecule has 0 aliphatic carbocycles. The molecule has 0 aromatic rings. The van der Waals surface area contributed by atoms with Crippen molar-refractivity contribution in [1.82, 2.24) is 0 Å². The molecule has 2 nitrogen and oxygen atoms in total. The van der Waals surface area contributed by atoms with E-state index in [1.165, 1.54) is 5.57 Å². The first-order chi connectivity index (χ1) is 4.93. The van der Waals surface area contributed by atoms with E-state index in [-0.39, 0.29) is 0 Å². The minimum Gasteiger partial charge on any atom is -0.497 e. The number of allylic oxidation sites excluding steroid dienone is 2. The Labute approximate surface area is 60.2 Å². The fourth-order valence-corrected chi connectivity index (χ4v) is 0.834. The molecule has 1 aliphatic rings. The van der Waals surface area contributed by atoms with Crippen molar-refractivity contribution in [1.29, 1.82) is 0 Å². The summed E-state index contributed by atoms with van der Waals surface area (Å²) in [5.74, 6) is 0. The molecule has 0 atom stereocenters. The predicted molar refractivity (Wildman–Crippen MR) is 38.5 cm³/mol. The molecule has 0 aromatic heterocycles. The van der Waals surface area contributed by atoms with Gasteiger partial charge >= 0.3 is 0 Å². The Morgan fingerprint density at radius 2 is 2.60 bits per heavy atom. The second-order valence-electron chi connectivity index (χ2n) is 2.17. The van der Waals surface area contributed by atoms with Crippen molar-refractivity contribution in [3.63, 3.8) is 0 Å². The number of carbonyl (C=O) groups is 1. The Kier molecular flexibility index (Phi) is 2.74. The van der Waals surface area contributed by atoms with Crippen LogP contribution < -0.4 is 0 Å². The molecule has 0 bridgehead atoms. The average Bonchev–Trinajstić information content (AvgIpc) is 2.03. The zero-order valence-corrected chi connectivity index (χ0v) is 5.75. The summed E-state index contributed by atoms with van der Waals surface area (Å²) in [5.41, 5.74) is 1.19. The van der Waals surface area contributed by atoms with Gasteiger partial charge in [0.05, 0.1) is 6.26 Å². The smallest absolute Gasteiger partial charge is 0.120 e. The van der Waals surface area contributed by atoms with Crippen LogP contribution in [0, 0.1) is 0 Å². The molecule has 0 aromatic carbocycles. The van der Waals surface area contributed by atoms with Gasteiger partial charge in [-0.2, -0.15) is 0 Å². The van der Waals surface area contributed by atoms with Gasteiger partial charge in [0.1, 0.15) is 12.9 Å². The zero-order chi connectivity index (χ0) is 7.23. The fourth-order valence-electron chi connectivity index (χ4n) is 0.834. The van der Waals surface area contributed by atoms with Crippen molar-refractivity contribution in [2.75, 3.05) is 6.61 Å². The number of carbonyl (C=O) groups excluding carboxylic acids is 1. The van der Waals surface area contributed by atoms with Crippen LogP contribution in [0.2, 0.25) is 0 Å². The van der Waals surface area contributed by atoms with E-state index < -0.39 is 0 Å². The lowest BCUT2D eigenvalue weighted by atomic mass is 10.1. The maximum absolute atomic E-state index is 9.96. The van der Waals surface area contributed by atoms with Crippen LogP contribution >= 0.6 is 0 Å². The molecule has 2 heteroatoms. The maximum atomic E-state index is 9.96. The van der Waals surface area contributed by atoms with Crippen LogP contribution in [0.4, 0.5) is 0 Å². The summed E-state index contributed by atoms with van der Waals surface area (Å²) < 4.78 is 5.01. The molecule has 1 heterocycles. The molecule has 0 fully saturated rings. The number of rotatable bonds is 3. The number of hydrogen-bond donors (Lipinski definition) is 0. The van der Waals surface area contributed by atoms with Crippen LogP contribution in [0.5, 0.6) is 0 Å². The van der Waals surface area contributed by atoms with E-state index in [2.05, 4.69) is 0 Å². The average molecular weight is 138 g/mol. The van der Waals surface area contributed by atoms with Crippen molar-refractivity contribution in [2.24, 2.45) is 0 Å². The second kappa shape index (κ2) is 3.88. The molecule has 1 rings (SSSR count). The van der Waals surface area contributed by atoms with Gasteiger partial charge in [-0.3, -0.25) is 0 Å². The highest BCUT2D eigenvalue weighted by atomic mass is 16.5. The lowest BCUT2D eigenvalue weighted by Gasteiger charge is -2.07. The molecular weight excluding hydrogens is 128 g/mol. The lowest BCUT2D eigenvalue weighted by Crippen LogP contribution is -1.97. The van der Waals surface area contributed by atoms with E-state index in [0.29, 0.717) is 13.0 Å². The van der Waals surface area contributed by atoms with Crippen LogP contribution in [0.3, 0.4) is 0 Å². The van der Waals surface area contributed by atoms with E-state index in [0.717, 1.165) is 12.7 Å². The summed E-state index contributed by atoms with van der Waals surface area (Å²) >= 11 is 0. The minimum atomic E-state index is 0.600. The number of ether oxygens (including phenoxy) is 1. The maximum Gasteiger partial charge on any atom is 0.120 e. The van der Waals surface area contributed by atoms with Gasteiger partial charge in [0.25, 0.3) is 0 Å². The fraction of sp³-hybridized carbons (Fsp3) is 0.375. The van der Waals surface area contributed by atoms with E-state index in [1.807, 2.05) is 12.2 Å². The van der Waals surface area contributed by atoms with Crippen molar-refractivity contribution in [3.8, 4) is 0 Å². The van der Waals surface area contributed by atoms with Gasteiger partial charge in [-0.15, -0.1) is 0 Å². The molecule has 0 saturated carbocycles. The summed E-state index contributed by atoms with van der Waals surface area (Å²) in [5, 5.41) is 0. The molecule has 0 spiro atoms. The highest BCUT2D eigenvalue weighted by molar-refractivity contribution is 5.50. The minimum absolute atomic E-state index is 0.600. The molecule has 1 aliphatic heterocycles. The molecule has 0 unspecified atom stereocenters. The Bertz CT molecular complexity index is 168. The van der Waals surface area contributed by atoms with Crippen LogP contribution in [0.1, 0.15) is 12.8 Å². The van der Waals surface area contributed by atoms with Gasteiger partial charge in [-0.1, -0.05) is 6.08 Å². The van der Waals surface area contributed by atoms with Gasteiger partial charge in [0.2, 0.25) is 0 Å². The molecule has 54 valence electrons. The van der Waals surface area contributed by atoms with Crippen LogP contribution in [-0.2, 0) is 9.53 Å². The molecule has 0 N–H and O–H groups in total. The van der Waals surface area contributed by atoms with E-state index in [9.17, 15) is 4.79 Å². The molecular formula is C8H10O2. The zero-order valence-electron chi connectivity index (χ0n) is 5.75. The monoisotopic (exact) mass is 138 g/mol. The summed E-state index contributed by atoms with van der Waals surface area (Å²) in [6, 6.07) is 0. The van der Waals surface area contributed by atoms with Crippen LogP contribution in [-0.4, -0.2) is 12.9 Å². The van der Waals surface area contributed by atoms with Crippen LogP contribution in [0.25, 0.3) is 0 Å². The van der Waals surface area contributed by atoms with Crippen molar-refractivity contribution in [2.45, 2.75) is 12.8 Å². The van der Waals surface area contributed by atoms with Crippen molar-refractivity contribution >= 4 is 6.29 Å². The van der Waals surface area contributed by atoms with Gasteiger partial charge in [-0.05, 0) is 18.1 Å². The summed E-state index contributed by atoms with van der Waals surface area (Å²) in [4.78, 5) is 9.96. The Morgan fingerprint density at radius 3 is 3.20 bits per heavy atom. The normalized spacial score (nSPS) is 15.8. The molecule has 0 radical (unpaired) electrons. The van der Waals surface area contributed by atoms with Crippen LogP contribution in [0.15, 0.2) is 24.0 Å². The van der Waals surface area contributed by atoms with Crippen molar-refractivity contribution < 1.29 is 9.53 Å². The third kappa shape index (κ3) is 2.05. The highest BCUT2D eigenvalue weighted by Crippen LogP contribution is 2.08. The summed E-state index contributed by atoms with van der Waals surface area (Å²) in [7, 11) is 0. The van der Waals surface area contributed by atoms with E-state index in [1.54, 1.807) is 6.26 Å². The standard InChI is InChI=1S/C8H10O2/c9-5-1-3-8-4-2-6-10-7-8/h2,4-6H,1,3,7H2. The quantitative estimate of drug-likeness (QED) is 0.551. The van der Waals surface area contributed by atoms with E-state index >= 15 is 0 Å². The predicted octanol–water partition coefficient (Wildman–Crippen LogP) is 1.44. The molecule has 0 amide bonds. The topological polar surface area (TPSA) is 26.3 Å². The Balaban J connectivity index is 2.32. The first kappa shape index (κ1) is 7.06. The third-order valence-electron chi connectivity index (χ3n) is 1.36. The molecule has 10 heavy (non-hydrogen) atoms. The van der Waals surface area contributed by atoms with Gasteiger partial charge < -0.3 is 9.53 Å². The second-order valence-corrected chi connectivity index (χ2v) is 2.17. The molecule has 0 saturated heterocycles. The number of aldehydes is 1. The third-order valence-corrected chi connectivity index (χ3v) is 1.36. The first-order valence-electron chi connectivity index (χ1n) is 3.33. The van der Waals surface area contributed by atoms with E-state index in [4.69, 9.17) is 4.74 Å². The lowest BCUT2D eigenvalue weighted by molar-refractivity contribution is -0.107. The Morgan fingerprint density at radius 1 is 1.70 bits per heavy atom. The summed E-state index contributed by atoms with van der Waals surface area (Å²) in [6.07, 6.45) is 7.86. The highest BCUT2D eigenvalue weighted by Gasteiger charge is 1.98. The van der Waals surface area contributed by atoms with Gasteiger partial charge in [-0.25, -0.2) is 0 Å². The summed E-state index contributed by atoms with van der Waals surface area (Å²) in [6.45, 7) is 0.643. The van der Waals surface area contributed by atoms with Gasteiger partial charge in [0.15, 0.2) is 0 Å². The first-order valence-corrected chi connectivity index (χ1v) is 3.33. The number of hydrogen-bond acceptors (Lipinski definition) is 2. The van der Waals surface area contributed by atoms with Crippen molar-refractivity contribution in [3.05, 3.63) is 24.0 Å². The van der Waals surface area contributed by atoms with Gasteiger partial charge in [0, 0.05) is 6.42 Å². The SMILES string of the molecule is O=CCCC1=CC=COC1.